The van der Waals surface area contributed by atoms with Crippen LogP contribution in [-0.4, -0.2) is 16.2 Å². The van der Waals surface area contributed by atoms with E-state index in [2.05, 4.69) is 235 Å². The van der Waals surface area contributed by atoms with Crippen LogP contribution in [-0.2, 0) is 10.8 Å². The summed E-state index contributed by atoms with van der Waals surface area (Å²) in [5, 5.41) is 2.33. The molecule has 0 fully saturated rings. The van der Waals surface area contributed by atoms with Crippen molar-refractivity contribution in [3.05, 3.63) is 191 Å². The van der Waals surface area contributed by atoms with Crippen molar-refractivity contribution < 1.29 is 4.74 Å². The van der Waals surface area contributed by atoms with Crippen LogP contribution in [0.1, 0.15) is 74.9 Å². The Kier molecular flexibility index (Phi) is 10.2. The smallest absolute Gasteiger partial charge is 0.137 e. The molecule has 0 amide bonds. The van der Waals surface area contributed by atoms with Crippen molar-refractivity contribution in [1.29, 1.82) is 0 Å². The van der Waals surface area contributed by atoms with Gasteiger partial charge in [0.2, 0.25) is 0 Å². The van der Waals surface area contributed by atoms with Crippen molar-refractivity contribution in [2.75, 3.05) is 16.5 Å². The monoisotopic (exact) mass is 850 g/mol. The maximum absolute atomic E-state index is 6.86. The molecule has 5 heteroatoms. The Morgan fingerprint density at radius 3 is 1.85 bits per heavy atom. The number of fused-ring (bicyclic) bond motifs is 4. The van der Waals surface area contributed by atoms with Gasteiger partial charge >= 0.3 is 0 Å². The van der Waals surface area contributed by atoms with Gasteiger partial charge in [0.25, 0.3) is 0 Å². The average Bonchev–Trinajstić information content (AvgIpc) is 3.80. The van der Waals surface area contributed by atoms with Crippen LogP contribution in [0.3, 0.4) is 0 Å². The van der Waals surface area contributed by atoms with E-state index in [9.17, 15) is 0 Å². The first-order valence-electron chi connectivity index (χ1n) is 22.9. The minimum absolute atomic E-state index is 0.0233. The summed E-state index contributed by atoms with van der Waals surface area (Å²) >= 11 is 0. The van der Waals surface area contributed by atoms with Gasteiger partial charge in [-0.05, 0) is 156 Å². The van der Waals surface area contributed by atoms with Crippen molar-refractivity contribution in [1.82, 2.24) is 9.55 Å². The summed E-state index contributed by atoms with van der Waals surface area (Å²) in [5.41, 5.74) is 19.2. The number of pyridine rings is 1. The van der Waals surface area contributed by atoms with Crippen molar-refractivity contribution in [2.45, 2.75) is 80.1 Å². The Hall–Kier alpha value is -7.11. The van der Waals surface area contributed by atoms with E-state index in [4.69, 9.17) is 9.72 Å². The van der Waals surface area contributed by atoms with Crippen LogP contribution in [0, 0.1) is 27.7 Å². The van der Waals surface area contributed by atoms with E-state index in [0.717, 1.165) is 39.4 Å². The molecule has 65 heavy (non-hydrogen) atoms. The van der Waals surface area contributed by atoms with Crippen LogP contribution >= 0.6 is 0 Å². The van der Waals surface area contributed by atoms with Crippen LogP contribution in [0.15, 0.2) is 158 Å². The van der Waals surface area contributed by atoms with Gasteiger partial charge in [0.15, 0.2) is 0 Å². The second-order valence-electron chi connectivity index (χ2n) is 20.2. The molecule has 3 heterocycles. The van der Waals surface area contributed by atoms with Gasteiger partial charge in [-0.2, -0.15) is 0 Å². The highest BCUT2D eigenvalue weighted by Gasteiger charge is 2.31. The fourth-order valence-electron chi connectivity index (χ4n) is 9.44. The third-order valence-corrected chi connectivity index (χ3v) is 13.2. The van der Waals surface area contributed by atoms with E-state index < -0.39 is 0 Å². The molecule has 0 atom stereocenters. The molecule has 2 aromatic heterocycles. The van der Waals surface area contributed by atoms with Crippen LogP contribution in [0.5, 0.6) is 11.5 Å². The molecule has 0 saturated carbocycles. The fraction of sp³-hybridized carbons (Fsp3) is 0.217. The number of aromatic nitrogens is 2. The lowest BCUT2D eigenvalue weighted by Crippen LogP contribution is -2.24. The van der Waals surface area contributed by atoms with Crippen LogP contribution in [0.2, 0.25) is 0 Å². The zero-order valence-corrected chi connectivity index (χ0v) is 39.4. The number of rotatable bonds is 7. The maximum atomic E-state index is 6.86. The molecule has 0 saturated heterocycles. The van der Waals surface area contributed by atoms with Gasteiger partial charge in [-0.15, -0.1) is 0 Å². The Morgan fingerprint density at radius 1 is 0.462 bits per heavy atom. The number of nitrogens with zero attached hydrogens (tertiary/aromatic N) is 4. The van der Waals surface area contributed by atoms with Crippen molar-refractivity contribution in [2.24, 2.45) is 0 Å². The molecule has 0 N–H and O–H groups in total. The molecule has 324 valence electrons. The minimum atomic E-state index is -0.0298. The van der Waals surface area contributed by atoms with E-state index in [0.29, 0.717) is 6.67 Å². The molecule has 0 aliphatic carbocycles. The maximum Gasteiger partial charge on any atom is 0.137 e. The third kappa shape index (κ3) is 7.94. The van der Waals surface area contributed by atoms with Gasteiger partial charge in [-0.25, -0.2) is 4.98 Å². The predicted molar refractivity (Wildman–Crippen MR) is 274 cm³/mol. The standard InChI is InChI=1S/C60H58N4O/c1-38-25-39(2)27-44(26-38)43-19-22-54-53(32-43)52-21-20-51(36-55(52)64(54)58-34-46(23-24-61-58)59(5,6)7)65-50-18-14-17-48(35-50)62-37-63(57-29-41(4)40(3)28-56(57)62)49-31-45(42-15-12-11-13-16-42)30-47(33-49)60(8,9)10/h11-36H,37H2,1-10H3. The van der Waals surface area contributed by atoms with E-state index in [-0.39, 0.29) is 10.8 Å². The zero-order chi connectivity index (χ0) is 45.4. The first kappa shape index (κ1) is 41.9. The van der Waals surface area contributed by atoms with Gasteiger partial charge < -0.3 is 14.5 Å². The van der Waals surface area contributed by atoms with Gasteiger partial charge in [-0.1, -0.05) is 119 Å². The highest BCUT2D eigenvalue weighted by atomic mass is 16.5. The van der Waals surface area contributed by atoms with Gasteiger partial charge in [-0.3, -0.25) is 4.57 Å². The molecule has 9 aromatic rings. The first-order chi connectivity index (χ1) is 31.1. The second-order valence-corrected chi connectivity index (χ2v) is 20.2. The SMILES string of the molecule is Cc1cc(C)cc(-c2ccc3c(c2)c2ccc(Oc4cccc(N5CN(c6cc(-c7ccccc7)cc(C(C)(C)C)c6)c6cc(C)c(C)cc65)c4)cc2n3-c2cc(C(C)(C)C)ccn2)c1. The van der Waals surface area contributed by atoms with Crippen LogP contribution in [0.4, 0.5) is 22.7 Å². The molecular weight excluding hydrogens is 793 g/mol. The summed E-state index contributed by atoms with van der Waals surface area (Å²) < 4.78 is 9.16. The Morgan fingerprint density at radius 2 is 1.14 bits per heavy atom. The molecule has 7 aromatic carbocycles. The minimum Gasteiger partial charge on any atom is -0.457 e. The van der Waals surface area contributed by atoms with E-state index in [1.54, 1.807) is 0 Å². The molecule has 1 aliphatic rings. The summed E-state index contributed by atoms with van der Waals surface area (Å²) in [6.45, 7) is 23.1. The van der Waals surface area contributed by atoms with Gasteiger partial charge in [0.05, 0.1) is 22.4 Å². The summed E-state index contributed by atoms with van der Waals surface area (Å²) in [4.78, 5) is 9.87. The van der Waals surface area contributed by atoms with E-state index in [1.807, 2.05) is 6.20 Å². The Balaban J connectivity index is 1.04. The number of hydrogen-bond acceptors (Lipinski definition) is 4. The first-order valence-corrected chi connectivity index (χ1v) is 22.9. The summed E-state index contributed by atoms with van der Waals surface area (Å²) in [6, 6.07) is 55.5. The quantitative estimate of drug-likeness (QED) is 0.160. The van der Waals surface area contributed by atoms with Crippen LogP contribution < -0.4 is 14.5 Å². The molecule has 0 unspecified atom stereocenters. The molecule has 5 nitrogen and oxygen atoms in total. The van der Waals surface area contributed by atoms with Crippen LogP contribution in [0.25, 0.3) is 49.9 Å². The highest BCUT2D eigenvalue weighted by Crippen LogP contribution is 2.48. The van der Waals surface area contributed by atoms with Crippen molar-refractivity contribution in [3.63, 3.8) is 0 Å². The average molecular weight is 851 g/mol. The third-order valence-electron chi connectivity index (χ3n) is 13.2. The number of anilines is 4. The summed E-state index contributed by atoms with van der Waals surface area (Å²) in [6.07, 6.45) is 1.94. The Labute approximate surface area is 384 Å². The lowest BCUT2D eigenvalue weighted by molar-refractivity contribution is 0.483. The number of ether oxygens (including phenoxy) is 1. The zero-order valence-electron chi connectivity index (χ0n) is 39.4. The van der Waals surface area contributed by atoms with E-state index in [1.165, 1.54) is 78.1 Å². The fourth-order valence-corrected chi connectivity index (χ4v) is 9.44. The lowest BCUT2D eigenvalue weighted by atomic mass is 9.85. The largest absolute Gasteiger partial charge is 0.457 e. The van der Waals surface area contributed by atoms with Crippen molar-refractivity contribution in [3.8, 4) is 39.6 Å². The van der Waals surface area contributed by atoms with Crippen molar-refractivity contribution >= 4 is 44.6 Å². The number of benzene rings is 7. The summed E-state index contributed by atoms with van der Waals surface area (Å²) in [5.74, 6) is 2.43. The normalized spacial score (nSPS) is 13.0. The molecule has 0 bridgehead atoms. The van der Waals surface area contributed by atoms with Gasteiger partial charge in [0, 0.05) is 40.5 Å². The highest BCUT2D eigenvalue weighted by molar-refractivity contribution is 6.10. The number of hydrogen-bond donors (Lipinski definition) is 0. The molecule has 0 radical (unpaired) electrons. The van der Waals surface area contributed by atoms with E-state index >= 15 is 0 Å². The number of aryl methyl sites for hydroxylation is 4. The lowest BCUT2D eigenvalue weighted by Gasteiger charge is -2.26. The topological polar surface area (TPSA) is 33.5 Å². The molecule has 1 aliphatic heterocycles. The molecular formula is C60H58N4O. The molecule has 0 spiro atoms. The Bertz CT molecular complexity index is 3270. The molecule has 10 rings (SSSR count). The summed E-state index contributed by atoms with van der Waals surface area (Å²) in [7, 11) is 0. The predicted octanol–water partition coefficient (Wildman–Crippen LogP) is 16.4. The van der Waals surface area contributed by atoms with Gasteiger partial charge in [0.1, 0.15) is 24.0 Å². The second kappa shape index (κ2) is 15.8.